The highest BCUT2D eigenvalue weighted by Crippen LogP contribution is 2.27. The van der Waals surface area contributed by atoms with Gasteiger partial charge in [-0.3, -0.25) is 0 Å². The number of aromatic nitrogens is 1. The Bertz CT molecular complexity index is 579. The van der Waals surface area contributed by atoms with Crippen LogP contribution < -0.4 is 0 Å². The van der Waals surface area contributed by atoms with Crippen LogP contribution in [0.15, 0.2) is 33.3 Å². The Morgan fingerprint density at radius 2 is 2.28 bits per heavy atom. The second-order valence-electron chi connectivity index (χ2n) is 3.62. The van der Waals surface area contributed by atoms with Crippen molar-refractivity contribution >= 4 is 21.9 Å². The molecular weight excluding hydrogens is 302 g/mol. The molecule has 0 unspecified atom stereocenters. The number of hydrogen-bond acceptors (Lipinski definition) is 4. The standard InChI is InChI=1S/C12H10BrNO4/c1-17-6-7-2-3-8(13)4-9(7)10-5-11(12(15)16)18-14-10/h2-5H,6H2,1H3,(H,15,16). The molecule has 0 aliphatic carbocycles. The maximum atomic E-state index is 10.8. The number of benzene rings is 1. The summed E-state index contributed by atoms with van der Waals surface area (Å²) in [6.07, 6.45) is 0. The van der Waals surface area contributed by atoms with E-state index in [1.807, 2.05) is 18.2 Å². The van der Waals surface area contributed by atoms with Crippen molar-refractivity contribution < 1.29 is 19.2 Å². The molecule has 0 radical (unpaired) electrons. The minimum atomic E-state index is -1.14. The van der Waals surface area contributed by atoms with Gasteiger partial charge in [0.2, 0.25) is 5.76 Å². The molecule has 0 fully saturated rings. The molecule has 1 N–H and O–H groups in total. The van der Waals surface area contributed by atoms with E-state index in [9.17, 15) is 4.79 Å². The Labute approximate surface area is 111 Å². The van der Waals surface area contributed by atoms with Crippen molar-refractivity contribution in [1.82, 2.24) is 5.16 Å². The van der Waals surface area contributed by atoms with Gasteiger partial charge in [0.1, 0.15) is 5.69 Å². The number of carboxylic acid groups (broad SMARTS) is 1. The molecule has 0 atom stereocenters. The zero-order valence-corrected chi connectivity index (χ0v) is 11.1. The lowest BCUT2D eigenvalue weighted by Crippen LogP contribution is -1.93. The minimum absolute atomic E-state index is 0.187. The van der Waals surface area contributed by atoms with E-state index in [0.29, 0.717) is 12.3 Å². The van der Waals surface area contributed by atoms with Crippen LogP contribution in [0, 0.1) is 0 Å². The lowest BCUT2D eigenvalue weighted by Gasteiger charge is -2.06. The summed E-state index contributed by atoms with van der Waals surface area (Å²) in [6, 6.07) is 7.01. The summed E-state index contributed by atoms with van der Waals surface area (Å²) >= 11 is 3.36. The zero-order chi connectivity index (χ0) is 13.1. The monoisotopic (exact) mass is 311 g/mol. The first-order chi connectivity index (χ1) is 8.61. The Hall–Kier alpha value is -1.66. The van der Waals surface area contributed by atoms with Crippen molar-refractivity contribution in [3.05, 3.63) is 40.1 Å². The van der Waals surface area contributed by atoms with E-state index in [1.54, 1.807) is 7.11 Å². The molecule has 0 saturated heterocycles. The topological polar surface area (TPSA) is 72.6 Å². The van der Waals surface area contributed by atoms with Crippen molar-refractivity contribution in [1.29, 1.82) is 0 Å². The first kappa shape index (κ1) is 12.8. The van der Waals surface area contributed by atoms with Crippen LogP contribution in [-0.4, -0.2) is 23.3 Å². The number of ether oxygens (including phenoxy) is 1. The fourth-order valence-corrected chi connectivity index (χ4v) is 1.93. The fourth-order valence-electron chi connectivity index (χ4n) is 1.57. The minimum Gasteiger partial charge on any atom is -0.475 e. The highest BCUT2D eigenvalue weighted by atomic mass is 79.9. The first-order valence-electron chi connectivity index (χ1n) is 5.09. The van der Waals surface area contributed by atoms with E-state index >= 15 is 0 Å². The molecule has 6 heteroatoms. The molecule has 0 aliphatic heterocycles. The van der Waals surface area contributed by atoms with Crippen LogP contribution >= 0.6 is 15.9 Å². The maximum absolute atomic E-state index is 10.8. The third kappa shape index (κ3) is 2.60. The number of nitrogens with zero attached hydrogens (tertiary/aromatic N) is 1. The molecule has 2 aromatic rings. The Balaban J connectivity index is 2.47. The number of carbonyl (C=O) groups is 1. The van der Waals surface area contributed by atoms with Crippen molar-refractivity contribution in [2.24, 2.45) is 0 Å². The van der Waals surface area contributed by atoms with Gasteiger partial charge in [-0.15, -0.1) is 0 Å². The van der Waals surface area contributed by atoms with Gasteiger partial charge in [0.15, 0.2) is 0 Å². The molecule has 0 saturated carbocycles. The number of rotatable bonds is 4. The lowest BCUT2D eigenvalue weighted by atomic mass is 10.1. The molecule has 1 heterocycles. The highest BCUT2D eigenvalue weighted by molar-refractivity contribution is 9.10. The quantitative estimate of drug-likeness (QED) is 0.939. The fraction of sp³-hybridized carbons (Fsp3) is 0.167. The second kappa shape index (κ2) is 5.32. The van der Waals surface area contributed by atoms with Crippen LogP contribution in [0.5, 0.6) is 0 Å². The number of hydrogen-bond donors (Lipinski definition) is 1. The van der Waals surface area contributed by atoms with Gasteiger partial charge in [-0.25, -0.2) is 4.79 Å². The smallest absolute Gasteiger partial charge is 0.374 e. The molecule has 2 rings (SSSR count). The molecule has 0 amide bonds. The first-order valence-corrected chi connectivity index (χ1v) is 5.89. The number of methoxy groups -OCH3 is 1. The van der Waals surface area contributed by atoms with E-state index in [2.05, 4.69) is 21.1 Å². The summed E-state index contributed by atoms with van der Waals surface area (Å²) in [6.45, 7) is 0.415. The van der Waals surface area contributed by atoms with Crippen LogP contribution in [0.3, 0.4) is 0 Å². The summed E-state index contributed by atoms with van der Waals surface area (Å²) in [4.78, 5) is 10.8. The van der Waals surface area contributed by atoms with Gasteiger partial charge >= 0.3 is 5.97 Å². The van der Waals surface area contributed by atoms with Gasteiger partial charge in [0.25, 0.3) is 0 Å². The van der Waals surface area contributed by atoms with Gasteiger partial charge < -0.3 is 14.4 Å². The molecule has 0 bridgehead atoms. The molecule has 0 aliphatic rings. The van der Waals surface area contributed by atoms with E-state index in [0.717, 1.165) is 15.6 Å². The van der Waals surface area contributed by atoms with Crippen molar-refractivity contribution in [2.45, 2.75) is 6.61 Å². The van der Waals surface area contributed by atoms with Crippen molar-refractivity contribution in [3.8, 4) is 11.3 Å². The van der Waals surface area contributed by atoms with Crippen LogP contribution in [0.4, 0.5) is 0 Å². The van der Waals surface area contributed by atoms with Crippen LogP contribution in [0.25, 0.3) is 11.3 Å². The Morgan fingerprint density at radius 3 is 2.89 bits per heavy atom. The zero-order valence-electron chi connectivity index (χ0n) is 9.51. The SMILES string of the molecule is COCc1ccc(Br)cc1-c1cc(C(=O)O)on1. The number of halogens is 1. The largest absolute Gasteiger partial charge is 0.475 e. The molecule has 5 nitrogen and oxygen atoms in total. The number of aromatic carboxylic acids is 1. The van der Waals surface area contributed by atoms with Gasteiger partial charge in [-0.05, 0) is 17.7 Å². The average Bonchev–Trinajstić information content (AvgIpc) is 2.81. The summed E-state index contributed by atoms with van der Waals surface area (Å²) in [5.74, 6) is -1.33. The van der Waals surface area contributed by atoms with Gasteiger partial charge in [-0.2, -0.15) is 0 Å². The molecular formula is C12H10BrNO4. The van der Waals surface area contributed by atoms with Gasteiger partial charge in [-0.1, -0.05) is 27.2 Å². The van der Waals surface area contributed by atoms with Gasteiger partial charge in [0, 0.05) is 23.2 Å². The Morgan fingerprint density at radius 1 is 1.50 bits per heavy atom. The lowest BCUT2D eigenvalue weighted by molar-refractivity contribution is 0.0652. The van der Waals surface area contributed by atoms with E-state index in [4.69, 9.17) is 14.4 Å². The normalized spacial score (nSPS) is 10.6. The maximum Gasteiger partial charge on any atom is 0.374 e. The average molecular weight is 312 g/mol. The van der Waals surface area contributed by atoms with Crippen LogP contribution in [-0.2, 0) is 11.3 Å². The third-order valence-electron chi connectivity index (χ3n) is 2.37. The predicted molar refractivity (Wildman–Crippen MR) is 67.3 cm³/mol. The third-order valence-corrected chi connectivity index (χ3v) is 2.86. The Kier molecular flexibility index (Phi) is 3.78. The second-order valence-corrected chi connectivity index (χ2v) is 4.53. The summed E-state index contributed by atoms with van der Waals surface area (Å²) in [5, 5.41) is 12.6. The van der Waals surface area contributed by atoms with Crippen molar-refractivity contribution in [3.63, 3.8) is 0 Å². The van der Waals surface area contributed by atoms with E-state index < -0.39 is 5.97 Å². The van der Waals surface area contributed by atoms with E-state index in [1.165, 1.54) is 6.07 Å². The molecule has 0 spiro atoms. The summed E-state index contributed by atoms with van der Waals surface area (Å²) < 4.78 is 10.7. The highest BCUT2D eigenvalue weighted by Gasteiger charge is 2.15. The number of carboxylic acids is 1. The molecule has 94 valence electrons. The van der Waals surface area contributed by atoms with Crippen molar-refractivity contribution in [2.75, 3.05) is 7.11 Å². The molecule has 18 heavy (non-hydrogen) atoms. The van der Waals surface area contributed by atoms with Crippen LogP contribution in [0.1, 0.15) is 16.1 Å². The summed E-state index contributed by atoms with van der Waals surface area (Å²) in [5.41, 5.74) is 2.16. The van der Waals surface area contributed by atoms with E-state index in [-0.39, 0.29) is 5.76 Å². The molecule has 1 aromatic heterocycles. The summed E-state index contributed by atoms with van der Waals surface area (Å²) in [7, 11) is 1.59. The van der Waals surface area contributed by atoms with Gasteiger partial charge in [0.05, 0.1) is 6.61 Å². The van der Waals surface area contributed by atoms with Crippen LogP contribution in [0.2, 0.25) is 0 Å². The predicted octanol–water partition coefficient (Wildman–Crippen LogP) is 2.95. The molecule has 1 aromatic carbocycles.